The van der Waals surface area contributed by atoms with Crippen LogP contribution in [0.3, 0.4) is 0 Å². The van der Waals surface area contributed by atoms with Gasteiger partial charge in [-0.3, -0.25) is 9.78 Å². The van der Waals surface area contributed by atoms with E-state index in [2.05, 4.69) is 31.6 Å². The highest BCUT2D eigenvalue weighted by molar-refractivity contribution is 7.10. The predicted octanol–water partition coefficient (Wildman–Crippen LogP) is 3.35. The van der Waals surface area contributed by atoms with Crippen LogP contribution in [0.4, 0.5) is 11.4 Å². The maximum Gasteiger partial charge on any atom is 0.275 e. The SMILES string of the molecule is O=C(Nc1ccc(N2CCc3sccc3C2)cc1)c1cnccn1. The van der Waals surface area contributed by atoms with Crippen molar-refractivity contribution < 1.29 is 4.79 Å². The number of nitrogens with one attached hydrogen (secondary N) is 1. The number of carbonyl (C=O) groups is 1. The Balaban J connectivity index is 1.45. The number of carbonyl (C=O) groups excluding carboxylic acids is 1. The van der Waals surface area contributed by atoms with Gasteiger partial charge in [0.25, 0.3) is 5.91 Å². The van der Waals surface area contributed by atoms with Crippen LogP contribution in [0.1, 0.15) is 20.9 Å². The molecule has 1 aliphatic heterocycles. The van der Waals surface area contributed by atoms with Crippen molar-refractivity contribution in [2.45, 2.75) is 13.0 Å². The van der Waals surface area contributed by atoms with E-state index in [1.54, 1.807) is 6.20 Å². The molecule has 24 heavy (non-hydrogen) atoms. The normalized spacial score (nSPS) is 13.4. The summed E-state index contributed by atoms with van der Waals surface area (Å²) in [6, 6.07) is 10.1. The molecule has 3 aromatic rings. The van der Waals surface area contributed by atoms with Crippen LogP contribution < -0.4 is 10.2 Å². The Morgan fingerprint density at radius 3 is 2.83 bits per heavy atom. The zero-order chi connectivity index (χ0) is 16.4. The molecule has 0 spiro atoms. The monoisotopic (exact) mass is 336 g/mol. The van der Waals surface area contributed by atoms with Gasteiger partial charge in [-0.05, 0) is 47.7 Å². The Morgan fingerprint density at radius 2 is 2.04 bits per heavy atom. The largest absolute Gasteiger partial charge is 0.367 e. The van der Waals surface area contributed by atoms with E-state index in [4.69, 9.17) is 0 Å². The van der Waals surface area contributed by atoms with Gasteiger partial charge in [-0.15, -0.1) is 11.3 Å². The van der Waals surface area contributed by atoms with E-state index in [0.717, 1.165) is 25.2 Å². The molecule has 0 saturated heterocycles. The third-order valence-electron chi connectivity index (χ3n) is 4.09. The Morgan fingerprint density at radius 1 is 1.17 bits per heavy atom. The van der Waals surface area contributed by atoms with Crippen molar-refractivity contribution in [3.05, 3.63) is 70.4 Å². The summed E-state index contributed by atoms with van der Waals surface area (Å²) in [4.78, 5) is 23.9. The van der Waals surface area contributed by atoms with Gasteiger partial charge in [0.1, 0.15) is 5.69 Å². The van der Waals surface area contributed by atoms with Crippen LogP contribution in [0, 0.1) is 0 Å². The summed E-state index contributed by atoms with van der Waals surface area (Å²) in [5, 5.41) is 5.01. The maximum atomic E-state index is 12.1. The lowest BCUT2D eigenvalue weighted by Crippen LogP contribution is -2.29. The Labute approximate surface area is 144 Å². The summed E-state index contributed by atoms with van der Waals surface area (Å²) in [6.07, 6.45) is 5.60. The van der Waals surface area contributed by atoms with Crippen molar-refractivity contribution in [2.75, 3.05) is 16.8 Å². The Bertz CT molecular complexity index is 845. The third-order valence-corrected chi connectivity index (χ3v) is 5.12. The molecule has 1 N–H and O–H groups in total. The molecule has 0 bridgehead atoms. The minimum atomic E-state index is -0.253. The number of nitrogens with zero attached hydrogens (tertiary/aromatic N) is 3. The highest BCUT2D eigenvalue weighted by Crippen LogP contribution is 2.28. The zero-order valence-corrected chi connectivity index (χ0v) is 13.8. The number of thiophene rings is 1. The van der Waals surface area contributed by atoms with Crippen LogP contribution in [0.2, 0.25) is 0 Å². The van der Waals surface area contributed by atoms with Gasteiger partial charge in [-0.25, -0.2) is 4.98 Å². The van der Waals surface area contributed by atoms with Gasteiger partial charge in [-0.2, -0.15) is 0 Å². The van der Waals surface area contributed by atoms with Crippen LogP contribution >= 0.6 is 11.3 Å². The fourth-order valence-electron chi connectivity index (χ4n) is 2.84. The summed E-state index contributed by atoms with van der Waals surface area (Å²) in [7, 11) is 0. The van der Waals surface area contributed by atoms with E-state index in [9.17, 15) is 4.79 Å². The van der Waals surface area contributed by atoms with Gasteiger partial charge in [0.2, 0.25) is 0 Å². The van der Waals surface area contributed by atoms with Gasteiger partial charge in [0, 0.05) is 41.7 Å². The lowest BCUT2D eigenvalue weighted by Gasteiger charge is -2.29. The molecule has 0 aliphatic carbocycles. The van der Waals surface area contributed by atoms with Crippen LogP contribution in [0.15, 0.2) is 54.3 Å². The van der Waals surface area contributed by atoms with Crippen molar-refractivity contribution in [1.29, 1.82) is 0 Å². The van der Waals surface area contributed by atoms with Crippen LogP contribution in [0.5, 0.6) is 0 Å². The summed E-state index contributed by atoms with van der Waals surface area (Å²) in [5.74, 6) is -0.253. The van der Waals surface area contributed by atoms with Crippen molar-refractivity contribution in [2.24, 2.45) is 0 Å². The molecule has 1 aliphatic rings. The number of fused-ring (bicyclic) bond motifs is 1. The highest BCUT2D eigenvalue weighted by atomic mass is 32.1. The molecule has 1 amide bonds. The average molecular weight is 336 g/mol. The first-order valence-corrected chi connectivity index (χ1v) is 8.65. The summed E-state index contributed by atoms with van der Waals surface area (Å²) in [5.41, 5.74) is 3.65. The van der Waals surface area contributed by atoms with Crippen LogP contribution in [-0.2, 0) is 13.0 Å². The third kappa shape index (κ3) is 3.00. The lowest BCUT2D eigenvalue weighted by molar-refractivity contribution is 0.102. The molecule has 4 rings (SSSR count). The zero-order valence-electron chi connectivity index (χ0n) is 13.0. The second-order valence-corrected chi connectivity index (χ2v) is 6.63. The smallest absolute Gasteiger partial charge is 0.275 e. The van der Waals surface area contributed by atoms with Crippen LogP contribution in [-0.4, -0.2) is 22.4 Å². The number of benzene rings is 1. The molecule has 3 heterocycles. The molecular formula is C18H16N4OS. The summed E-state index contributed by atoms with van der Waals surface area (Å²) >= 11 is 1.84. The number of rotatable bonds is 3. The number of aromatic nitrogens is 2. The second-order valence-electron chi connectivity index (χ2n) is 5.63. The van der Waals surface area contributed by atoms with E-state index in [1.807, 2.05) is 35.6 Å². The quantitative estimate of drug-likeness (QED) is 0.797. The fraction of sp³-hybridized carbons (Fsp3) is 0.167. The Kier molecular flexibility index (Phi) is 3.96. The molecule has 5 nitrogen and oxygen atoms in total. The first kappa shape index (κ1) is 14.8. The first-order chi connectivity index (χ1) is 11.8. The van der Waals surface area contributed by atoms with E-state index < -0.39 is 0 Å². The summed E-state index contributed by atoms with van der Waals surface area (Å²) < 4.78 is 0. The molecule has 0 fully saturated rings. The average Bonchev–Trinajstić information content (AvgIpc) is 3.11. The number of hydrogen-bond acceptors (Lipinski definition) is 5. The van der Waals surface area contributed by atoms with E-state index in [-0.39, 0.29) is 5.91 Å². The molecule has 0 unspecified atom stereocenters. The Hall–Kier alpha value is -2.73. The van der Waals surface area contributed by atoms with Crippen LogP contribution in [0.25, 0.3) is 0 Å². The molecule has 120 valence electrons. The van der Waals surface area contributed by atoms with E-state index in [1.165, 1.54) is 28.5 Å². The number of amides is 1. The van der Waals surface area contributed by atoms with Crippen molar-refractivity contribution in [3.8, 4) is 0 Å². The summed E-state index contributed by atoms with van der Waals surface area (Å²) in [6.45, 7) is 1.98. The molecule has 0 radical (unpaired) electrons. The second kappa shape index (κ2) is 6.41. The van der Waals surface area contributed by atoms with Crippen molar-refractivity contribution in [1.82, 2.24) is 9.97 Å². The maximum absolute atomic E-state index is 12.1. The molecule has 0 atom stereocenters. The molecule has 6 heteroatoms. The predicted molar refractivity (Wildman–Crippen MR) is 95.5 cm³/mol. The number of anilines is 2. The van der Waals surface area contributed by atoms with Gasteiger partial charge < -0.3 is 10.2 Å². The van der Waals surface area contributed by atoms with E-state index in [0.29, 0.717) is 5.69 Å². The number of hydrogen-bond donors (Lipinski definition) is 1. The van der Waals surface area contributed by atoms with Crippen molar-refractivity contribution in [3.63, 3.8) is 0 Å². The van der Waals surface area contributed by atoms with E-state index >= 15 is 0 Å². The standard InChI is InChI=1S/C18H16N4OS/c23-18(16-11-19-7-8-20-16)21-14-1-3-15(4-2-14)22-9-5-17-13(12-22)6-10-24-17/h1-4,6-8,10-11H,5,9,12H2,(H,21,23). The fourth-order valence-corrected chi connectivity index (χ4v) is 3.73. The highest BCUT2D eigenvalue weighted by Gasteiger charge is 2.17. The van der Waals surface area contributed by atoms with Gasteiger partial charge in [0.05, 0.1) is 6.20 Å². The minimum Gasteiger partial charge on any atom is -0.367 e. The van der Waals surface area contributed by atoms with Gasteiger partial charge in [0.15, 0.2) is 0 Å². The first-order valence-electron chi connectivity index (χ1n) is 7.77. The molecule has 2 aromatic heterocycles. The molecule has 0 saturated carbocycles. The minimum absolute atomic E-state index is 0.253. The van der Waals surface area contributed by atoms with Gasteiger partial charge >= 0.3 is 0 Å². The molecular weight excluding hydrogens is 320 g/mol. The lowest BCUT2D eigenvalue weighted by atomic mass is 10.1. The molecule has 1 aromatic carbocycles. The topological polar surface area (TPSA) is 58.1 Å². The van der Waals surface area contributed by atoms with Gasteiger partial charge in [-0.1, -0.05) is 0 Å². The van der Waals surface area contributed by atoms with Crippen molar-refractivity contribution >= 4 is 28.6 Å².